The Morgan fingerprint density at radius 3 is 1.00 bits per heavy atom. The van der Waals surface area contributed by atoms with Crippen LogP contribution in [0.2, 0.25) is 0 Å². The zero-order valence-corrected chi connectivity index (χ0v) is 18.5. The lowest BCUT2D eigenvalue weighted by molar-refractivity contribution is 0.461. The molecule has 0 heterocycles. The van der Waals surface area contributed by atoms with Crippen molar-refractivity contribution in [3.05, 3.63) is 155 Å². The number of hydrogen-bond acceptors (Lipinski definition) is 0. The van der Waals surface area contributed by atoms with Gasteiger partial charge in [-0.2, -0.15) is 0 Å². The van der Waals surface area contributed by atoms with Gasteiger partial charge in [-0.25, -0.2) is 0 Å². The maximum atomic E-state index is 2.41. The molecule has 0 N–H and O–H groups in total. The molecule has 0 nitrogen and oxygen atoms in total. The van der Waals surface area contributed by atoms with E-state index in [1.807, 2.05) is 0 Å². The highest BCUT2D eigenvalue weighted by Crippen LogP contribution is 2.74. The summed E-state index contributed by atoms with van der Waals surface area (Å²) < 4.78 is 0. The van der Waals surface area contributed by atoms with E-state index in [2.05, 4.69) is 121 Å². The molecule has 0 fully saturated rings. The van der Waals surface area contributed by atoms with Crippen molar-refractivity contribution in [3.63, 3.8) is 0 Å². The number of fused-ring (bicyclic) bond motifs is 3. The van der Waals surface area contributed by atoms with Gasteiger partial charge in [-0.05, 0) is 66.1 Å². The predicted molar refractivity (Wildman–Crippen MR) is 140 cm³/mol. The Morgan fingerprint density at radius 1 is 0.294 bits per heavy atom. The van der Waals surface area contributed by atoms with Crippen molar-refractivity contribution >= 4 is 21.5 Å². The summed E-state index contributed by atoms with van der Waals surface area (Å²) in [4.78, 5) is 0. The SMILES string of the molecule is c1ccc2c(c1)-c1ccccc1C13c4cccc5cccc(c45)C21c1cccc2cccc3c12. The molecule has 34 heavy (non-hydrogen) atoms. The van der Waals surface area contributed by atoms with Crippen molar-refractivity contribution in [2.75, 3.05) is 0 Å². The second kappa shape index (κ2) is 5.48. The molecule has 0 aliphatic heterocycles. The molecule has 6 aromatic carbocycles. The van der Waals surface area contributed by atoms with Crippen molar-refractivity contribution in [2.24, 2.45) is 0 Å². The van der Waals surface area contributed by atoms with Crippen molar-refractivity contribution in [2.45, 2.75) is 10.8 Å². The minimum absolute atomic E-state index is 0.287. The van der Waals surface area contributed by atoms with Crippen LogP contribution in [0.5, 0.6) is 0 Å². The smallest absolute Gasteiger partial charge is 0.0619 e. The second-order valence-corrected chi connectivity index (χ2v) is 10.0. The molecule has 3 aliphatic carbocycles. The molecular weight excluding hydrogens is 408 g/mol. The first kappa shape index (κ1) is 17.3. The van der Waals surface area contributed by atoms with Gasteiger partial charge in [0.1, 0.15) is 0 Å². The molecule has 0 atom stereocenters. The number of hydrogen-bond donors (Lipinski definition) is 0. The minimum atomic E-state index is -0.287. The first-order chi connectivity index (χ1) is 16.9. The van der Waals surface area contributed by atoms with Crippen LogP contribution in [0, 0.1) is 0 Å². The summed E-state index contributed by atoms with van der Waals surface area (Å²) in [6, 6.07) is 46.1. The Hall–Kier alpha value is -4.16. The van der Waals surface area contributed by atoms with Gasteiger partial charge in [-0.15, -0.1) is 0 Å². The molecule has 0 saturated carbocycles. The van der Waals surface area contributed by atoms with E-state index in [1.54, 1.807) is 0 Å². The summed E-state index contributed by atoms with van der Waals surface area (Å²) in [6.07, 6.45) is 0. The Bertz CT molecular complexity index is 1650. The summed E-state index contributed by atoms with van der Waals surface area (Å²) in [5.41, 5.74) is 10.8. The van der Waals surface area contributed by atoms with Crippen LogP contribution in [-0.4, -0.2) is 0 Å². The summed E-state index contributed by atoms with van der Waals surface area (Å²) in [7, 11) is 0. The van der Waals surface area contributed by atoms with Crippen molar-refractivity contribution < 1.29 is 0 Å². The van der Waals surface area contributed by atoms with E-state index in [4.69, 9.17) is 0 Å². The van der Waals surface area contributed by atoms with Gasteiger partial charge >= 0.3 is 0 Å². The fourth-order valence-corrected chi connectivity index (χ4v) is 8.10. The van der Waals surface area contributed by atoms with Gasteiger partial charge in [-0.3, -0.25) is 0 Å². The standard InChI is InChI=1S/C34H20/c1-3-15-25-23(13-1)24-14-2-4-16-26(24)34-29-19-7-11-21-9-5-17-27(31(21)29)33(25,34)28-18-6-10-22-12-8-20-30(34)32(22)28/h1-20H. The van der Waals surface area contributed by atoms with E-state index in [0.717, 1.165) is 0 Å². The highest BCUT2D eigenvalue weighted by atomic mass is 14.7. The van der Waals surface area contributed by atoms with Crippen LogP contribution in [0.15, 0.2) is 121 Å². The van der Waals surface area contributed by atoms with Gasteiger partial charge in [-0.1, -0.05) is 121 Å². The molecule has 0 aromatic heterocycles. The molecule has 9 rings (SSSR count). The molecular formula is C34H20. The van der Waals surface area contributed by atoms with Gasteiger partial charge in [0.15, 0.2) is 0 Å². The van der Waals surface area contributed by atoms with Crippen LogP contribution in [0.3, 0.4) is 0 Å². The summed E-state index contributed by atoms with van der Waals surface area (Å²) >= 11 is 0. The van der Waals surface area contributed by atoms with Gasteiger partial charge in [0, 0.05) is 0 Å². The fourth-order valence-electron chi connectivity index (χ4n) is 8.10. The highest BCUT2D eigenvalue weighted by Gasteiger charge is 2.68. The maximum Gasteiger partial charge on any atom is 0.0648 e. The Kier molecular flexibility index (Phi) is 2.80. The Balaban J connectivity index is 1.68. The van der Waals surface area contributed by atoms with E-state index < -0.39 is 0 Å². The van der Waals surface area contributed by atoms with E-state index in [0.29, 0.717) is 0 Å². The zero-order chi connectivity index (χ0) is 22.1. The lowest BCUT2D eigenvalue weighted by atomic mass is 9.50. The van der Waals surface area contributed by atoms with Gasteiger partial charge in [0.25, 0.3) is 0 Å². The first-order valence-electron chi connectivity index (χ1n) is 12.1. The molecule has 3 aliphatic rings. The van der Waals surface area contributed by atoms with Crippen LogP contribution in [0.1, 0.15) is 33.4 Å². The van der Waals surface area contributed by atoms with Gasteiger partial charge in [0.05, 0.1) is 10.8 Å². The Labute approximate surface area is 198 Å². The van der Waals surface area contributed by atoms with Crippen molar-refractivity contribution in [1.29, 1.82) is 0 Å². The second-order valence-electron chi connectivity index (χ2n) is 10.0. The van der Waals surface area contributed by atoms with Crippen LogP contribution in [0.4, 0.5) is 0 Å². The van der Waals surface area contributed by atoms with Gasteiger partial charge in [0.2, 0.25) is 0 Å². The summed E-state index contributed by atoms with van der Waals surface area (Å²) in [5, 5.41) is 5.54. The molecule has 0 radical (unpaired) electrons. The summed E-state index contributed by atoms with van der Waals surface area (Å²) in [6.45, 7) is 0. The average molecular weight is 429 g/mol. The van der Waals surface area contributed by atoms with Crippen molar-refractivity contribution in [1.82, 2.24) is 0 Å². The molecule has 0 bridgehead atoms. The van der Waals surface area contributed by atoms with Crippen LogP contribution >= 0.6 is 0 Å². The molecule has 0 spiro atoms. The van der Waals surface area contributed by atoms with Crippen molar-refractivity contribution in [3.8, 4) is 11.1 Å². The number of benzene rings is 6. The quantitative estimate of drug-likeness (QED) is 0.230. The van der Waals surface area contributed by atoms with Crippen LogP contribution < -0.4 is 0 Å². The van der Waals surface area contributed by atoms with E-state index in [9.17, 15) is 0 Å². The van der Waals surface area contributed by atoms with E-state index in [1.165, 1.54) is 66.1 Å². The lowest BCUT2D eigenvalue weighted by Gasteiger charge is -2.50. The maximum absolute atomic E-state index is 2.41. The number of rotatable bonds is 0. The third kappa shape index (κ3) is 1.52. The van der Waals surface area contributed by atoms with Gasteiger partial charge < -0.3 is 0 Å². The van der Waals surface area contributed by atoms with Crippen LogP contribution in [-0.2, 0) is 10.8 Å². The monoisotopic (exact) mass is 428 g/mol. The fraction of sp³-hybridized carbons (Fsp3) is 0.0588. The Morgan fingerprint density at radius 2 is 0.618 bits per heavy atom. The van der Waals surface area contributed by atoms with E-state index >= 15 is 0 Å². The highest BCUT2D eigenvalue weighted by molar-refractivity contribution is 6.09. The molecule has 156 valence electrons. The van der Waals surface area contributed by atoms with E-state index in [-0.39, 0.29) is 10.8 Å². The third-order valence-corrected chi connectivity index (χ3v) is 8.94. The largest absolute Gasteiger partial charge is 0.0648 e. The minimum Gasteiger partial charge on any atom is -0.0619 e. The third-order valence-electron chi connectivity index (χ3n) is 8.94. The molecule has 0 unspecified atom stereocenters. The normalized spacial score (nSPS) is 22.4. The molecule has 6 aromatic rings. The zero-order valence-electron chi connectivity index (χ0n) is 18.5. The lowest BCUT2D eigenvalue weighted by Crippen LogP contribution is -2.48. The summed E-state index contributed by atoms with van der Waals surface area (Å²) in [5.74, 6) is 0. The first-order valence-corrected chi connectivity index (χ1v) is 12.1. The topological polar surface area (TPSA) is 0 Å². The predicted octanol–water partition coefficient (Wildman–Crippen LogP) is 7.97. The van der Waals surface area contributed by atoms with Crippen LogP contribution in [0.25, 0.3) is 32.7 Å². The molecule has 0 saturated heterocycles. The molecule has 0 heteroatoms. The average Bonchev–Trinajstić information content (AvgIpc) is 3.34. The molecule has 0 amide bonds.